The molecule has 0 fully saturated rings. The number of nitrogens with zero attached hydrogens (tertiary/aromatic N) is 5. The van der Waals surface area contributed by atoms with Gasteiger partial charge in [0.15, 0.2) is 0 Å². The summed E-state index contributed by atoms with van der Waals surface area (Å²) in [5.41, 5.74) is 2.92. The maximum absolute atomic E-state index is 14.4. The van der Waals surface area contributed by atoms with Gasteiger partial charge in [-0.25, -0.2) is 18.3 Å². The molecular formula is C19H19F2N5OS. The summed E-state index contributed by atoms with van der Waals surface area (Å²) in [5, 5.41) is 5.00. The zero-order chi connectivity index (χ0) is 20.0. The van der Waals surface area contributed by atoms with Gasteiger partial charge >= 0.3 is 0 Å². The van der Waals surface area contributed by atoms with E-state index in [1.165, 1.54) is 22.7 Å². The molecule has 1 aliphatic rings. The Morgan fingerprint density at radius 2 is 2.04 bits per heavy atom. The number of hydrogen-bond acceptors (Lipinski definition) is 5. The lowest BCUT2D eigenvalue weighted by molar-refractivity contribution is -0.118. The third kappa shape index (κ3) is 3.13. The first-order chi connectivity index (χ1) is 13.4. The average molecular weight is 403 g/mol. The van der Waals surface area contributed by atoms with Crippen molar-refractivity contribution in [2.45, 2.75) is 38.3 Å². The van der Waals surface area contributed by atoms with Crippen LogP contribution in [0.25, 0.3) is 5.78 Å². The van der Waals surface area contributed by atoms with Crippen molar-refractivity contribution in [3.8, 4) is 0 Å². The number of aryl methyl sites for hydroxylation is 3. The second kappa shape index (κ2) is 7.12. The number of fused-ring (bicyclic) bond motifs is 2. The maximum Gasteiger partial charge on any atom is 0.253 e. The lowest BCUT2D eigenvalue weighted by Crippen LogP contribution is -2.37. The van der Waals surface area contributed by atoms with Crippen LogP contribution in [0.4, 0.5) is 14.5 Å². The smallest absolute Gasteiger partial charge is 0.253 e. The monoisotopic (exact) mass is 403 g/mol. The van der Waals surface area contributed by atoms with Crippen LogP contribution in [0, 0.1) is 25.5 Å². The molecule has 0 unspecified atom stereocenters. The third-order valence-corrected chi connectivity index (χ3v) is 5.58. The summed E-state index contributed by atoms with van der Waals surface area (Å²) in [5.74, 6) is -1.09. The average Bonchev–Trinajstić information content (AvgIpc) is 3.07. The number of rotatable bonds is 3. The van der Waals surface area contributed by atoms with Crippen LogP contribution >= 0.6 is 11.8 Å². The van der Waals surface area contributed by atoms with E-state index in [4.69, 9.17) is 0 Å². The molecule has 2 aromatic heterocycles. The molecule has 0 atom stereocenters. The molecule has 0 radical (unpaired) electrons. The fraction of sp³-hybridized carbons (Fsp3) is 0.368. The Kier molecular flexibility index (Phi) is 4.78. The Labute approximate surface area is 165 Å². The van der Waals surface area contributed by atoms with E-state index in [1.807, 2.05) is 20.1 Å². The summed E-state index contributed by atoms with van der Waals surface area (Å²) in [6, 6.07) is 2.13. The lowest BCUT2D eigenvalue weighted by atomic mass is 9.99. The van der Waals surface area contributed by atoms with E-state index in [-0.39, 0.29) is 18.0 Å². The summed E-state index contributed by atoms with van der Waals surface area (Å²) < 4.78 is 29.6. The van der Waals surface area contributed by atoms with Crippen LogP contribution < -0.4 is 4.90 Å². The molecule has 0 aliphatic carbocycles. The highest BCUT2D eigenvalue weighted by Crippen LogP contribution is 2.32. The van der Waals surface area contributed by atoms with Crippen molar-refractivity contribution in [1.82, 2.24) is 19.6 Å². The zero-order valence-corrected chi connectivity index (χ0v) is 16.6. The fourth-order valence-corrected chi connectivity index (χ4v) is 4.02. The van der Waals surface area contributed by atoms with Crippen molar-refractivity contribution in [2.75, 3.05) is 17.7 Å². The van der Waals surface area contributed by atoms with Gasteiger partial charge in [0.05, 0.1) is 12.1 Å². The molecule has 28 heavy (non-hydrogen) atoms. The summed E-state index contributed by atoms with van der Waals surface area (Å²) in [4.78, 5) is 23.3. The van der Waals surface area contributed by atoms with Crippen molar-refractivity contribution in [3.05, 3.63) is 46.3 Å². The largest absolute Gasteiger partial charge is 0.309 e. The van der Waals surface area contributed by atoms with Crippen LogP contribution in [0.2, 0.25) is 0 Å². The molecule has 0 saturated carbocycles. The van der Waals surface area contributed by atoms with Crippen molar-refractivity contribution in [1.29, 1.82) is 0 Å². The van der Waals surface area contributed by atoms with E-state index in [9.17, 15) is 13.6 Å². The van der Waals surface area contributed by atoms with Gasteiger partial charge in [0.25, 0.3) is 5.78 Å². The second-order valence-electron chi connectivity index (χ2n) is 6.79. The molecule has 4 rings (SSSR count). The lowest BCUT2D eigenvalue weighted by Gasteiger charge is -2.30. The fourth-order valence-electron chi connectivity index (χ4n) is 3.68. The van der Waals surface area contributed by atoms with Crippen LogP contribution in [-0.2, 0) is 17.6 Å². The minimum absolute atomic E-state index is 0.0608. The number of benzene rings is 1. The van der Waals surface area contributed by atoms with E-state index in [0.29, 0.717) is 41.6 Å². The van der Waals surface area contributed by atoms with Crippen molar-refractivity contribution in [2.24, 2.45) is 0 Å². The van der Waals surface area contributed by atoms with E-state index in [1.54, 1.807) is 4.52 Å². The Morgan fingerprint density at radius 3 is 2.79 bits per heavy atom. The van der Waals surface area contributed by atoms with Crippen molar-refractivity contribution >= 4 is 29.1 Å². The van der Waals surface area contributed by atoms with Crippen LogP contribution in [0.3, 0.4) is 0 Å². The maximum atomic E-state index is 14.4. The molecular weight excluding hydrogens is 384 g/mol. The Balaban J connectivity index is 1.70. The zero-order valence-electron chi connectivity index (χ0n) is 15.8. The number of carbonyl (C=O) groups is 1. The van der Waals surface area contributed by atoms with Gasteiger partial charge in [0.2, 0.25) is 11.1 Å². The SMILES string of the molecule is CSc1nc2nc(C)c(CC(=O)N3CCCc4cc(F)cc(F)c43)c(C)n2n1. The topological polar surface area (TPSA) is 63.4 Å². The van der Waals surface area contributed by atoms with Crippen LogP contribution in [0.5, 0.6) is 0 Å². The molecule has 0 saturated heterocycles. The number of thioether (sulfide) groups is 1. The molecule has 1 aliphatic heterocycles. The Morgan fingerprint density at radius 1 is 1.25 bits per heavy atom. The van der Waals surface area contributed by atoms with Crippen LogP contribution in [0.1, 0.15) is 28.9 Å². The predicted molar refractivity (Wildman–Crippen MR) is 103 cm³/mol. The number of carbonyl (C=O) groups excluding carboxylic acids is 1. The Hall–Kier alpha value is -2.55. The molecule has 1 aromatic carbocycles. The Bertz CT molecular complexity index is 1100. The highest BCUT2D eigenvalue weighted by Gasteiger charge is 2.28. The number of amides is 1. The quantitative estimate of drug-likeness (QED) is 0.628. The van der Waals surface area contributed by atoms with Gasteiger partial charge in [0.1, 0.15) is 11.6 Å². The van der Waals surface area contributed by atoms with Gasteiger partial charge in [-0.1, -0.05) is 11.8 Å². The van der Waals surface area contributed by atoms with Crippen molar-refractivity contribution in [3.63, 3.8) is 0 Å². The molecule has 0 bridgehead atoms. The number of anilines is 1. The first kappa shape index (κ1) is 18.8. The van der Waals surface area contributed by atoms with Crippen LogP contribution in [0.15, 0.2) is 17.3 Å². The number of halogens is 2. The molecule has 0 N–H and O–H groups in total. The molecule has 9 heteroatoms. The summed E-state index contributed by atoms with van der Waals surface area (Å²) >= 11 is 1.42. The molecule has 1 amide bonds. The summed E-state index contributed by atoms with van der Waals surface area (Å²) in [6.45, 7) is 4.09. The first-order valence-corrected chi connectivity index (χ1v) is 10.2. The number of hydrogen-bond donors (Lipinski definition) is 0. The van der Waals surface area contributed by atoms with Crippen LogP contribution in [-0.4, -0.2) is 38.3 Å². The van der Waals surface area contributed by atoms with E-state index < -0.39 is 11.6 Å². The van der Waals surface area contributed by atoms with Crippen molar-refractivity contribution < 1.29 is 13.6 Å². The third-order valence-electron chi connectivity index (χ3n) is 5.05. The van der Waals surface area contributed by atoms with Gasteiger partial charge in [-0.15, -0.1) is 5.10 Å². The highest BCUT2D eigenvalue weighted by atomic mass is 32.2. The van der Waals surface area contributed by atoms with E-state index in [2.05, 4.69) is 15.1 Å². The van der Waals surface area contributed by atoms with Gasteiger partial charge < -0.3 is 4.90 Å². The molecule has 0 spiro atoms. The van der Waals surface area contributed by atoms with Gasteiger partial charge in [0, 0.05) is 29.6 Å². The summed E-state index contributed by atoms with van der Waals surface area (Å²) in [6.07, 6.45) is 3.16. The van der Waals surface area contributed by atoms with E-state index in [0.717, 1.165) is 17.3 Å². The van der Waals surface area contributed by atoms with Gasteiger partial charge in [-0.2, -0.15) is 4.98 Å². The molecule has 6 nitrogen and oxygen atoms in total. The minimum Gasteiger partial charge on any atom is -0.309 e. The second-order valence-corrected chi connectivity index (χ2v) is 7.57. The molecule has 3 aromatic rings. The standard InChI is InChI=1S/C19H19F2N5OS/c1-10-14(11(2)26-18(22-10)23-19(24-26)28-3)9-16(27)25-6-4-5-12-7-13(20)8-15(21)17(12)25/h7-8H,4-6,9H2,1-3H3. The minimum atomic E-state index is -0.703. The number of aromatic nitrogens is 4. The normalized spacial score (nSPS) is 13.8. The first-order valence-electron chi connectivity index (χ1n) is 8.94. The molecule has 3 heterocycles. The van der Waals surface area contributed by atoms with Gasteiger partial charge in [-0.05, 0) is 44.6 Å². The van der Waals surface area contributed by atoms with Gasteiger partial charge in [-0.3, -0.25) is 4.79 Å². The molecule has 146 valence electrons. The van der Waals surface area contributed by atoms with E-state index >= 15 is 0 Å². The highest BCUT2D eigenvalue weighted by molar-refractivity contribution is 7.98. The predicted octanol–water partition coefficient (Wildman–Crippen LogP) is 3.26. The summed E-state index contributed by atoms with van der Waals surface area (Å²) in [7, 11) is 0.